The molecule has 1 spiro atoms. The number of hydrogen-bond acceptors (Lipinski definition) is 3. The van der Waals surface area contributed by atoms with Gasteiger partial charge in [-0.15, -0.1) is 0 Å². The van der Waals surface area contributed by atoms with Gasteiger partial charge in [-0.1, -0.05) is 19.3 Å². The number of aryl methyl sites for hydroxylation is 2. The van der Waals surface area contributed by atoms with Crippen LogP contribution in [0, 0.1) is 25.2 Å². The molecule has 1 saturated heterocycles. The standard InChI is InChI=1S/C19H29N3O2/c1-12-16(13(2)22(3)21-12)17-14(7-10-24-17)18(23)20-15-11-19(15)8-5-4-6-9-19/h14-15,17H,4-11H2,1-3H3,(H,20,23)/t14-,15+,17-/m0/s1. The van der Waals surface area contributed by atoms with Crippen LogP contribution in [0.3, 0.4) is 0 Å². The minimum Gasteiger partial charge on any atom is -0.373 e. The van der Waals surface area contributed by atoms with E-state index < -0.39 is 0 Å². The van der Waals surface area contributed by atoms with E-state index in [1.54, 1.807) is 0 Å². The molecule has 5 nitrogen and oxygen atoms in total. The molecule has 1 N–H and O–H groups in total. The summed E-state index contributed by atoms with van der Waals surface area (Å²) in [6.45, 7) is 4.73. The van der Waals surface area contributed by atoms with Crippen molar-refractivity contribution in [3.63, 3.8) is 0 Å². The number of carbonyl (C=O) groups excluding carboxylic acids is 1. The van der Waals surface area contributed by atoms with Crippen LogP contribution in [-0.2, 0) is 16.6 Å². The van der Waals surface area contributed by atoms with Crippen LogP contribution in [0.15, 0.2) is 0 Å². The van der Waals surface area contributed by atoms with Gasteiger partial charge in [-0.05, 0) is 44.9 Å². The van der Waals surface area contributed by atoms with Gasteiger partial charge >= 0.3 is 0 Å². The molecule has 5 heteroatoms. The molecule has 3 atom stereocenters. The first-order chi connectivity index (χ1) is 11.5. The van der Waals surface area contributed by atoms with Crippen LogP contribution in [0.5, 0.6) is 0 Å². The van der Waals surface area contributed by atoms with E-state index in [0.29, 0.717) is 18.1 Å². The molecule has 4 rings (SSSR count). The summed E-state index contributed by atoms with van der Waals surface area (Å²) in [5.74, 6) is 0.112. The normalized spacial score (nSPS) is 31.4. The molecule has 2 aliphatic carbocycles. The lowest BCUT2D eigenvalue weighted by atomic mass is 9.85. The van der Waals surface area contributed by atoms with E-state index in [0.717, 1.165) is 23.4 Å². The van der Waals surface area contributed by atoms with Crippen LogP contribution in [0.25, 0.3) is 0 Å². The monoisotopic (exact) mass is 331 g/mol. The quantitative estimate of drug-likeness (QED) is 0.926. The molecule has 1 aliphatic heterocycles. The molecule has 0 unspecified atom stereocenters. The number of nitrogens with one attached hydrogen (secondary N) is 1. The SMILES string of the molecule is Cc1nn(C)c(C)c1[C@H]1OCC[C@@H]1C(=O)N[C@@H]1CC12CCCCC2. The molecule has 24 heavy (non-hydrogen) atoms. The second-order valence-electron chi connectivity index (χ2n) is 8.08. The van der Waals surface area contributed by atoms with Gasteiger partial charge in [0.1, 0.15) is 0 Å². The van der Waals surface area contributed by atoms with Crippen molar-refractivity contribution in [2.24, 2.45) is 18.4 Å². The number of carbonyl (C=O) groups is 1. The summed E-state index contributed by atoms with van der Waals surface area (Å²) in [6.07, 6.45) is 8.46. The molecule has 3 fully saturated rings. The van der Waals surface area contributed by atoms with Gasteiger partial charge < -0.3 is 10.1 Å². The Kier molecular flexibility index (Phi) is 3.94. The maximum Gasteiger partial charge on any atom is 0.226 e. The van der Waals surface area contributed by atoms with Crippen molar-refractivity contribution >= 4 is 5.91 Å². The maximum absolute atomic E-state index is 12.9. The highest BCUT2D eigenvalue weighted by molar-refractivity contribution is 5.80. The Balaban J connectivity index is 1.46. The number of nitrogens with zero attached hydrogens (tertiary/aromatic N) is 2. The Morgan fingerprint density at radius 1 is 1.29 bits per heavy atom. The topological polar surface area (TPSA) is 56.2 Å². The molecule has 2 heterocycles. The first kappa shape index (κ1) is 16.1. The van der Waals surface area contributed by atoms with E-state index in [4.69, 9.17) is 4.74 Å². The number of hydrogen-bond donors (Lipinski definition) is 1. The second kappa shape index (κ2) is 5.87. The zero-order valence-corrected chi connectivity index (χ0v) is 15.1. The zero-order valence-electron chi connectivity index (χ0n) is 15.1. The number of aromatic nitrogens is 2. The van der Waals surface area contributed by atoms with Gasteiger partial charge in [-0.2, -0.15) is 5.10 Å². The molecule has 2 saturated carbocycles. The molecule has 1 aromatic heterocycles. The van der Waals surface area contributed by atoms with E-state index >= 15 is 0 Å². The molecular weight excluding hydrogens is 302 g/mol. The van der Waals surface area contributed by atoms with E-state index in [2.05, 4.69) is 17.3 Å². The molecular formula is C19H29N3O2. The molecule has 0 aromatic carbocycles. The minimum atomic E-state index is -0.139. The Labute approximate surface area is 144 Å². The summed E-state index contributed by atoms with van der Waals surface area (Å²) >= 11 is 0. The number of rotatable bonds is 3. The van der Waals surface area contributed by atoms with Gasteiger partial charge in [0.15, 0.2) is 0 Å². The van der Waals surface area contributed by atoms with Crippen LogP contribution in [-0.4, -0.2) is 28.3 Å². The zero-order chi connectivity index (χ0) is 16.9. The van der Waals surface area contributed by atoms with Crippen LogP contribution < -0.4 is 5.32 Å². The number of ether oxygens (including phenoxy) is 1. The maximum atomic E-state index is 12.9. The Morgan fingerprint density at radius 2 is 2.04 bits per heavy atom. The van der Waals surface area contributed by atoms with Crippen molar-refractivity contribution in [1.29, 1.82) is 0 Å². The Morgan fingerprint density at radius 3 is 2.71 bits per heavy atom. The van der Waals surface area contributed by atoms with E-state index in [9.17, 15) is 4.79 Å². The fourth-order valence-corrected chi connectivity index (χ4v) is 4.98. The summed E-state index contributed by atoms with van der Waals surface area (Å²) < 4.78 is 7.86. The van der Waals surface area contributed by atoms with E-state index in [-0.39, 0.29) is 17.9 Å². The highest BCUT2D eigenvalue weighted by Gasteiger charge is 2.55. The minimum absolute atomic E-state index is 0.0761. The third-order valence-electron chi connectivity index (χ3n) is 6.63. The fourth-order valence-electron chi connectivity index (χ4n) is 4.98. The van der Waals surface area contributed by atoms with Crippen LogP contribution in [0.4, 0.5) is 0 Å². The van der Waals surface area contributed by atoms with Gasteiger partial charge in [0, 0.05) is 31.0 Å². The predicted octanol–water partition coefficient (Wildman–Crippen LogP) is 2.95. The average molecular weight is 331 g/mol. The summed E-state index contributed by atoms with van der Waals surface area (Å²) in [5.41, 5.74) is 3.63. The summed E-state index contributed by atoms with van der Waals surface area (Å²) in [6, 6.07) is 0.405. The van der Waals surface area contributed by atoms with E-state index in [1.807, 2.05) is 18.7 Å². The van der Waals surface area contributed by atoms with E-state index in [1.165, 1.54) is 38.5 Å². The molecule has 132 valence electrons. The Hall–Kier alpha value is -1.36. The first-order valence-electron chi connectivity index (χ1n) is 9.44. The van der Waals surface area contributed by atoms with Crippen molar-refractivity contribution in [3.05, 3.63) is 17.0 Å². The molecule has 1 amide bonds. The van der Waals surface area contributed by atoms with Gasteiger partial charge in [0.05, 0.1) is 17.7 Å². The molecule has 0 radical (unpaired) electrons. The smallest absolute Gasteiger partial charge is 0.226 e. The van der Waals surface area contributed by atoms with Crippen LogP contribution in [0.1, 0.15) is 68.0 Å². The summed E-state index contributed by atoms with van der Waals surface area (Å²) in [7, 11) is 1.95. The lowest BCUT2D eigenvalue weighted by molar-refractivity contribution is -0.127. The summed E-state index contributed by atoms with van der Waals surface area (Å²) in [4.78, 5) is 12.9. The second-order valence-corrected chi connectivity index (χ2v) is 8.08. The van der Waals surface area contributed by atoms with Crippen molar-refractivity contribution in [2.75, 3.05) is 6.61 Å². The molecule has 3 aliphatic rings. The third kappa shape index (κ3) is 2.57. The lowest BCUT2D eigenvalue weighted by Crippen LogP contribution is -2.36. The first-order valence-corrected chi connectivity index (χ1v) is 9.44. The van der Waals surface area contributed by atoms with Crippen molar-refractivity contribution in [1.82, 2.24) is 15.1 Å². The third-order valence-corrected chi connectivity index (χ3v) is 6.63. The highest BCUT2D eigenvalue weighted by Crippen LogP contribution is 2.56. The van der Waals surface area contributed by atoms with Crippen LogP contribution >= 0.6 is 0 Å². The predicted molar refractivity (Wildman–Crippen MR) is 91.5 cm³/mol. The highest BCUT2D eigenvalue weighted by atomic mass is 16.5. The average Bonchev–Trinajstić information content (AvgIpc) is 2.91. The molecule has 0 bridgehead atoms. The van der Waals surface area contributed by atoms with Gasteiger partial charge in [-0.25, -0.2) is 0 Å². The summed E-state index contributed by atoms with van der Waals surface area (Å²) in [5, 5.41) is 7.85. The fraction of sp³-hybridized carbons (Fsp3) is 0.789. The number of amides is 1. The largest absolute Gasteiger partial charge is 0.373 e. The van der Waals surface area contributed by atoms with Crippen molar-refractivity contribution < 1.29 is 9.53 Å². The Bertz CT molecular complexity index is 645. The lowest BCUT2D eigenvalue weighted by Gasteiger charge is -2.24. The van der Waals surface area contributed by atoms with Gasteiger partial charge in [0.25, 0.3) is 0 Å². The van der Waals surface area contributed by atoms with Gasteiger partial charge in [0.2, 0.25) is 5.91 Å². The van der Waals surface area contributed by atoms with Crippen molar-refractivity contribution in [2.45, 2.75) is 70.9 Å². The van der Waals surface area contributed by atoms with Crippen molar-refractivity contribution in [3.8, 4) is 0 Å². The van der Waals surface area contributed by atoms with Crippen LogP contribution in [0.2, 0.25) is 0 Å². The molecule has 1 aromatic rings. The van der Waals surface area contributed by atoms with Gasteiger partial charge in [-0.3, -0.25) is 9.48 Å².